The van der Waals surface area contributed by atoms with E-state index in [4.69, 9.17) is 9.47 Å². The minimum Gasteiger partial charge on any atom is -0.492 e. The monoisotopic (exact) mass is 264 g/mol. The molecule has 0 spiro atoms. The van der Waals surface area contributed by atoms with Crippen molar-refractivity contribution in [1.82, 2.24) is 10.2 Å². The topological polar surface area (TPSA) is 33.7 Å². The van der Waals surface area contributed by atoms with Crippen LogP contribution in [0, 0.1) is 0 Å². The predicted octanol–water partition coefficient (Wildman–Crippen LogP) is 1.67. The smallest absolute Gasteiger partial charge is 0.124 e. The Morgan fingerprint density at radius 3 is 2.89 bits per heavy atom. The van der Waals surface area contributed by atoms with Gasteiger partial charge in [0.1, 0.15) is 12.4 Å². The zero-order valence-electron chi connectivity index (χ0n) is 12.2. The summed E-state index contributed by atoms with van der Waals surface area (Å²) in [6, 6.07) is 9.21. The van der Waals surface area contributed by atoms with Crippen LogP contribution in [-0.2, 0) is 4.74 Å². The second-order valence-corrected chi connectivity index (χ2v) is 5.15. The molecule has 0 saturated heterocycles. The third-order valence-corrected chi connectivity index (χ3v) is 3.99. The predicted molar refractivity (Wildman–Crippen MR) is 76.6 cm³/mol. The molecule has 19 heavy (non-hydrogen) atoms. The van der Waals surface area contributed by atoms with Crippen LogP contribution in [0.2, 0.25) is 0 Å². The summed E-state index contributed by atoms with van der Waals surface area (Å²) in [5, 5.41) is 3.43. The maximum atomic E-state index is 5.90. The molecule has 4 heteroatoms. The van der Waals surface area contributed by atoms with Crippen molar-refractivity contribution in [2.24, 2.45) is 0 Å². The normalized spacial score (nSPS) is 23.8. The fourth-order valence-corrected chi connectivity index (χ4v) is 2.73. The highest BCUT2D eigenvalue weighted by atomic mass is 16.5. The van der Waals surface area contributed by atoms with E-state index < -0.39 is 0 Å². The number of hydrogen-bond donors (Lipinski definition) is 1. The van der Waals surface area contributed by atoms with Crippen LogP contribution >= 0.6 is 0 Å². The second-order valence-electron chi connectivity index (χ2n) is 5.15. The highest BCUT2D eigenvalue weighted by Gasteiger charge is 2.34. The molecule has 0 aromatic heterocycles. The summed E-state index contributed by atoms with van der Waals surface area (Å²) >= 11 is 0. The van der Waals surface area contributed by atoms with Gasteiger partial charge in [-0.25, -0.2) is 0 Å². The van der Waals surface area contributed by atoms with Crippen LogP contribution in [0.3, 0.4) is 0 Å². The molecule has 2 rings (SSSR count). The Morgan fingerprint density at radius 2 is 2.21 bits per heavy atom. The van der Waals surface area contributed by atoms with Gasteiger partial charge in [0.05, 0.1) is 18.7 Å². The maximum absolute atomic E-state index is 5.90. The zero-order valence-corrected chi connectivity index (χ0v) is 12.2. The van der Waals surface area contributed by atoms with Gasteiger partial charge in [-0.1, -0.05) is 18.2 Å². The summed E-state index contributed by atoms with van der Waals surface area (Å²) in [6.07, 6.45) is 0. The van der Waals surface area contributed by atoms with Crippen LogP contribution in [-0.4, -0.2) is 51.4 Å². The summed E-state index contributed by atoms with van der Waals surface area (Å²) in [5.74, 6) is 0.992. The van der Waals surface area contributed by atoms with E-state index in [1.807, 2.05) is 19.2 Å². The van der Waals surface area contributed by atoms with Gasteiger partial charge in [0.15, 0.2) is 0 Å². The van der Waals surface area contributed by atoms with Crippen LogP contribution in [0.1, 0.15) is 18.5 Å². The van der Waals surface area contributed by atoms with Crippen molar-refractivity contribution in [3.63, 3.8) is 0 Å². The Labute approximate surface area is 115 Å². The van der Waals surface area contributed by atoms with Gasteiger partial charge in [-0.05, 0) is 27.1 Å². The summed E-state index contributed by atoms with van der Waals surface area (Å²) in [5.41, 5.74) is 1.23. The van der Waals surface area contributed by atoms with Gasteiger partial charge in [-0.15, -0.1) is 0 Å². The average Bonchev–Trinajstić information content (AvgIpc) is 2.45. The molecule has 1 aromatic rings. The molecule has 0 fully saturated rings. The standard InChI is InChI=1S/C15H24N2O2/c1-11(9-18-4)17(3)13-10-19-14-8-6-5-7-12(14)15(13)16-2/h5-8,11,13,15-16H,9-10H2,1-4H3. The SMILES string of the molecule is CNC1c2ccccc2OCC1N(C)C(C)COC. The summed E-state index contributed by atoms with van der Waals surface area (Å²) in [4.78, 5) is 2.33. The lowest BCUT2D eigenvalue weighted by atomic mass is 9.95. The highest BCUT2D eigenvalue weighted by molar-refractivity contribution is 5.38. The number of fused-ring (bicyclic) bond motifs is 1. The number of likely N-dealkylation sites (N-methyl/N-ethyl adjacent to an activating group) is 2. The zero-order chi connectivity index (χ0) is 13.8. The molecule has 0 radical (unpaired) electrons. The van der Waals surface area contributed by atoms with Crippen LogP contribution in [0.4, 0.5) is 0 Å². The number of methoxy groups -OCH3 is 1. The summed E-state index contributed by atoms with van der Waals surface area (Å²) in [7, 11) is 5.89. The van der Waals surface area contributed by atoms with Crippen LogP contribution in [0.5, 0.6) is 5.75 Å². The molecule has 0 amide bonds. The van der Waals surface area contributed by atoms with E-state index in [1.165, 1.54) is 5.56 Å². The first-order valence-corrected chi connectivity index (χ1v) is 6.79. The molecule has 1 heterocycles. The van der Waals surface area contributed by atoms with Crippen molar-refractivity contribution < 1.29 is 9.47 Å². The van der Waals surface area contributed by atoms with Crippen LogP contribution in [0.15, 0.2) is 24.3 Å². The minimum absolute atomic E-state index is 0.286. The largest absolute Gasteiger partial charge is 0.492 e. The molecule has 4 nitrogen and oxygen atoms in total. The molecule has 0 aliphatic carbocycles. The third kappa shape index (κ3) is 2.91. The molecule has 0 saturated carbocycles. The minimum atomic E-state index is 0.286. The fraction of sp³-hybridized carbons (Fsp3) is 0.600. The molecule has 1 aromatic carbocycles. The van der Waals surface area contributed by atoms with E-state index >= 15 is 0 Å². The van der Waals surface area contributed by atoms with Crippen molar-refractivity contribution in [1.29, 1.82) is 0 Å². The van der Waals surface area contributed by atoms with Crippen molar-refractivity contribution in [2.75, 3.05) is 34.4 Å². The van der Waals surface area contributed by atoms with Crippen LogP contribution in [0.25, 0.3) is 0 Å². The lowest BCUT2D eigenvalue weighted by Gasteiger charge is -2.41. The van der Waals surface area contributed by atoms with Crippen molar-refractivity contribution >= 4 is 0 Å². The number of benzene rings is 1. The average molecular weight is 264 g/mol. The highest BCUT2D eigenvalue weighted by Crippen LogP contribution is 2.33. The van der Waals surface area contributed by atoms with Gasteiger partial charge in [0, 0.05) is 18.7 Å². The summed E-state index contributed by atoms with van der Waals surface area (Å²) < 4.78 is 11.1. The number of nitrogens with zero attached hydrogens (tertiary/aromatic N) is 1. The van der Waals surface area contributed by atoms with Gasteiger partial charge >= 0.3 is 0 Å². The molecule has 106 valence electrons. The fourth-order valence-electron chi connectivity index (χ4n) is 2.73. The molecule has 3 unspecified atom stereocenters. The van der Waals surface area contributed by atoms with E-state index in [2.05, 4.69) is 36.3 Å². The van der Waals surface area contributed by atoms with Gasteiger partial charge in [-0.2, -0.15) is 0 Å². The Balaban J connectivity index is 2.19. The maximum Gasteiger partial charge on any atom is 0.124 e. The third-order valence-electron chi connectivity index (χ3n) is 3.99. The first kappa shape index (κ1) is 14.3. The van der Waals surface area contributed by atoms with Gasteiger partial charge in [0.25, 0.3) is 0 Å². The van der Waals surface area contributed by atoms with Gasteiger partial charge in [-0.3, -0.25) is 4.90 Å². The first-order valence-electron chi connectivity index (χ1n) is 6.79. The van der Waals surface area contributed by atoms with Crippen molar-refractivity contribution in [2.45, 2.75) is 25.0 Å². The number of ether oxygens (including phenoxy) is 2. The van der Waals surface area contributed by atoms with E-state index in [9.17, 15) is 0 Å². The lowest BCUT2D eigenvalue weighted by molar-refractivity contribution is 0.0445. The Kier molecular flexibility index (Phi) is 4.80. The van der Waals surface area contributed by atoms with Crippen molar-refractivity contribution in [3.05, 3.63) is 29.8 Å². The molecular weight excluding hydrogens is 240 g/mol. The number of rotatable bonds is 5. The van der Waals surface area contributed by atoms with E-state index in [1.54, 1.807) is 7.11 Å². The Hall–Kier alpha value is -1.10. The van der Waals surface area contributed by atoms with Crippen LogP contribution < -0.4 is 10.1 Å². The molecule has 3 atom stereocenters. The lowest BCUT2D eigenvalue weighted by Crippen LogP contribution is -2.51. The van der Waals surface area contributed by atoms with E-state index in [0.29, 0.717) is 18.7 Å². The van der Waals surface area contributed by atoms with Gasteiger partial charge in [0.2, 0.25) is 0 Å². The Morgan fingerprint density at radius 1 is 1.47 bits per heavy atom. The van der Waals surface area contributed by atoms with Gasteiger partial charge < -0.3 is 14.8 Å². The molecule has 1 aliphatic rings. The second kappa shape index (κ2) is 6.37. The van der Waals surface area contributed by atoms with Crippen molar-refractivity contribution in [3.8, 4) is 5.75 Å². The number of para-hydroxylation sites is 1. The first-order chi connectivity index (χ1) is 9.19. The van der Waals surface area contributed by atoms with E-state index in [0.717, 1.165) is 12.4 Å². The molecule has 1 aliphatic heterocycles. The summed E-state index contributed by atoms with van der Waals surface area (Å²) in [6.45, 7) is 3.61. The van der Waals surface area contributed by atoms with E-state index in [-0.39, 0.29) is 6.04 Å². The Bertz CT molecular complexity index is 411. The number of hydrogen-bond acceptors (Lipinski definition) is 4. The number of nitrogens with one attached hydrogen (secondary N) is 1. The molecular formula is C15H24N2O2. The molecule has 0 bridgehead atoms. The quantitative estimate of drug-likeness (QED) is 0.877. The molecule has 1 N–H and O–H groups in total.